The highest BCUT2D eigenvalue weighted by molar-refractivity contribution is 9.10. The first-order chi connectivity index (χ1) is 7.86. The van der Waals surface area contributed by atoms with Crippen LogP contribution in [0.25, 0.3) is 0 Å². The molecule has 0 fully saturated rings. The lowest BCUT2D eigenvalue weighted by atomic mass is 10.2. The normalized spacial score (nSPS) is 11.8. The quantitative estimate of drug-likeness (QED) is 0.906. The second kappa shape index (κ2) is 5.84. The molecule has 1 aromatic carbocycles. The molecule has 0 aliphatic heterocycles. The summed E-state index contributed by atoms with van der Waals surface area (Å²) >= 11 is 3.28. The van der Waals surface area contributed by atoms with Gasteiger partial charge >= 0.3 is 0 Å². The molecule has 1 aromatic rings. The van der Waals surface area contributed by atoms with Crippen LogP contribution in [-0.4, -0.2) is 22.1 Å². The third kappa shape index (κ3) is 3.97. The smallest absolute Gasteiger partial charge is 0.240 e. The van der Waals surface area contributed by atoms with Gasteiger partial charge in [0, 0.05) is 12.6 Å². The molecule has 96 valence electrons. The van der Waals surface area contributed by atoms with E-state index in [9.17, 15) is 8.42 Å². The largest absolute Gasteiger partial charge is 0.496 e. The summed E-state index contributed by atoms with van der Waals surface area (Å²) in [4.78, 5) is 0.207. The Morgan fingerprint density at radius 3 is 2.59 bits per heavy atom. The van der Waals surface area contributed by atoms with Gasteiger partial charge in [0.25, 0.3) is 0 Å². The van der Waals surface area contributed by atoms with Crippen molar-refractivity contribution >= 4 is 26.0 Å². The minimum Gasteiger partial charge on any atom is -0.496 e. The standard InChI is InChI=1S/C11H16BrNO3S/c1-8(2)7-13-17(14,15)9-4-5-10(12)11(6-9)16-3/h4-6,8,13H,7H2,1-3H3. The van der Waals surface area contributed by atoms with Gasteiger partial charge in [0.15, 0.2) is 0 Å². The fraction of sp³-hybridized carbons (Fsp3) is 0.455. The Hall–Kier alpha value is -0.590. The van der Waals surface area contributed by atoms with Gasteiger partial charge in [0.1, 0.15) is 5.75 Å². The molecule has 1 N–H and O–H groups in total. The van der Waals surface area contributed by atoms with Crippen molar-refractivity contribution in [2.75, 3.05) is 13.7 Å². The highest BCUT2D eigenvalue weighted by Crippen LogP contribution is 2.27. The van der Waals surface area contributed by atoms with Crippen molar-refractivity contribution in [3.63, 3.8) is 0 Å². The third-order valence-corrected chi connectivity index (χ3v) is 4.19. The third-order valence-electron chi connectivity index (χ3n) is 2.11. The first-order valence-corrected chi connectivity index (χ1v) is 7.47. The fourth-order valence-corrected chi connectivity index (χ4v) is 2.80. The molecule has 4 nitrogen and oxygen atoms in total. The number of hydrogen-bond acceptors (Lipinski definition) is 3. The summed E-state index contributed by atoms with van der Waals surface area (Å²) in [5, 5.41) is 0. The minimum atomic E-state index is -3.46. The van der Waals surface area contributed by atoms with Crippen LogP contribution >= 0.6 is 15.9 Å². The fourth-order valence-electron chi connectivity index (χ4n) is 1.17. The Morgan fingerprint density at radius 1 is 1.41 bits per heavy atom. The Morgan fingerprint density at radius 2 is 2.06 bits per heavy atom. The van der Waals surface area contributed by atoms with Crippen LogP contribution in [0.15, 0.2) is 27.6 Å². The van der Waals surface area contributed by atoms with Gasteiger partial charge in [-0.3, -0.25) is 0 Å². The van der Waals surface area contributed by atoms with Crippen LogP contribution in [0.1, 0.15) is 13.8 Å². The van der Waals surface area contributed by atoms with Gasteiger partial charge < -0.3 is 4.74 Å². The SMILES string of the molecule is COc1cc(S(=O)(=O)NCC(C)C)ccc1Br. The molecule has 0 saturated carbocycles. The molecule has 0 saturated heterocycles. The number of benzene rings is 1. The lowest BCUT2D eigenvalue weighted by Crippen LogP contribution is -2.27. The summed E-state index contributed by atoms with van der Waals surface area (Å²) in [6, 6.07) is 4.69. The van der Waals surface area contributed by atoms with Crippen LogP contribution in [0, 0.1) is 5.92 Å². The van der Waals surface area contributed by atoms with Crippen molar-refractivity contribution in [3.8, 4) is 5.75 Å². The number of nitrogens with one attached hydrogen (secondary N) is 1. The Kier molecular flexibility index (Phi) is 4.97. The maximum Gasteiger partial charge on any atom is 0.240 e. The van der Waals surface area contributed by atoms with Gasteiger partial charge in [0.2, 0.25) is 10.0 Å². The summed E-state index contributed by atoms with van der Waals surface area (Å²) in [6.07, 6.45) is 0. The van der Waals surface area contributed by atoms with Gasteiger partial charge in [-0.25, -0.2) is 13.1 Å². The van der Waals surface area contributed by atoms with E-state index in [2.05, 4.69) is 20.7 Å². The van der Waals surface area contributed by atoms with Crippen molar-refractivity contribution in [1.29, 1.82) is 0 Å². The molecule has 0 aliphatic carbocycles. The van der Waals surface area contributed by atoms with Crippen LogP contribution in [-0.2, 0) is 10.0 Å². The van der Waals surface area contributed by atoms with Gasteiger partial charge in [0.05, 0.1) is 16.5 Å². The number of methoxy groups -OCH3 is 1. The summed E-state index contributed by atoms with van der Waals surface area (Å²) in [6.45, 7) is 4.32. The minimum absolute atomic E-state index is 0.207. The molecule has 6 heteroatoms. The molecular weight excluding hydrogens is 306 g/mol. The number of rotatable bonds is 5. The summed E-state index contributed by atoms with van der Waals surface area (Å²) in [7, 11) is -1.96. The zero-order valence-electron chi connectivity index (χ0n) is 10.0. The van der Waals surface area contributed by atoms with E-state index in [-0.39, 0.29) is 10.8 Å². The Labute approximate surface area is 111 Å². The molecular formula is C11H16BrNO3S. The van der Waals surface area contributed by atoms with E-state index in [4.69, 9.17) is 4.74 Å². The number of hydrogen-bond donors (Lipinski definition) is 1. The second-order valence-electron chi connectivity index (χ2n) is 4.04. The number of sulfonamides is 1. The lowest BCUT2D eigenvalue weighted by Gasteiger charge is -2.10. The van der Waals surface area contributed by atoms with E-state index in [0.29, 0.717) is 12.3 Å². The molecule has 0 amide bonds. The van der Waals surface area contributed by atoms with Gasteiger partial charge in [-0.2, -0.15) is 0 Å². The molecule has 0 aromatic heterocycles. The summed E-state index contributed by atoms with van der Waals surface area (Å²) in [5.74, 6) is 0.763. The molecule has 17 heavy (non-hydrogen) atoms. The topological polar surface area (TPSA) is 55.4 Å². The summed E-state index contributed by atoms with van der Waals surface area (Å²) in [5.41, 5.74) is 0. The van der Waals surface area contributed by atoms with E-state index in [1.165, 1.54) is 19.2 Å². The van der Waals surface area contributed by atoms with Crippen molar-refractivity contribution in [3.05, 3.63) is 22.7 Å². The van der Waals surface area contributed by atoms with Crippen molar-refractivity contribution in [2.45, 2.75) is 18.7 Å². The van der Waals surface area contributed by atoms with Crippen molar-refractivity contribution in [1.82, 2.24) is 4.72 Å². The van der Waals surface area contributed by atoms with Gasteiger partial charge in [-0.05, 0) is 34.0 Å². The van der Waals surface area contributed by atoms with E-state index < -0.39 is 10.0 Å². The second-order valence-corrected chi connectivity index (χ2v) is 6.66. The lowest BCUT2D eigenvalue weighted by molar-refractivity contribution is 0.410. The highest BCUT2D eigenvalue weighted by atomic mass is 79.9. The van der Waals surface area contributed by atoms with Gasteiger partial charge in [-0.1, -0.05) is 13.8 Å². The first-order valence-electron chi connectivity index (χ1n) is 5.20. The summed E-state index contributed by atoms with van der Waals surface area (Å²) < 4.78 is 32.2. The molecule has 0 bridgehead atoms. The average molecular weight is 322 g/mol. The predicted molar refractivity (Wildman–Crippen MR) is 70.7 cm³/mol. The maximum absolute atomic E-state index is 11.9. The predicted octanol–water partition coefficient (Wildman–Crippen LogP) is 2.39. The van der Waals surface area contributed by atoms with E-state index >= 15 is 0 Å². The molecule has 0 unspecified atom stereocenters. The van der Waals surface area contributed by atoms with E-state index in [0.717, 1.165) is 4.47 Å². The van der Waals surface area contributed by atoms with Crippen molar-refractivity contribution in [2.24, 2.45) is 5.92 Å². The Balaban J connectivity index is 2.99. The molecule has 0 atom stereocenters. The van der Waals surface area contributed by atoms with Crippen LogP contribution in [0.2, 0.25) is 0 Å². The van der Waals surface area contributed by atoms with Gasteiger partial charge in [-0.15, -0.1) is 0 Å². The molecule has 0 heterocycles. The number of ether oxygens (including phenoxy) is 1. The van der Waals surface area contributed by atoms with Crippen molar-refractivity contribution < 1.29 is 13.2 Å². The zero-order valence-corrected chi connectivity index (χ0v) is 12.4. The molecule has 1 rings (SSSR count). The highest BCUT2D eigenvalue weighted by Gasteiger charge is 2.15. The number of halogens is 1. The zero-order chi connectivity index (χ0) is 13.1. The Bertz CT molecular complexity index is 485. The van der Waals surface area contributed by atoms with Crippen LogP contribution in [0.3, 0.4) is 0 Å². The van der Waals surface area contributed by atoms with E-state index in [1.807, 2.05) is 13.8 Å². The van der Waals surface area contributed by atoms with Crippen LogP contribution < -0.4 is 9.46 Å². The first kappa shape index (κ1) is 14.5. The maximum atomic E-state index is 11.9. The molecule has 0 aliphatic rings. The average Bonchev–Trinajstić information content (AvgIpc) is 2.27. The van der Waals surface area contributed by atoms with Crippen LogP contribution in [0.5, 0.6) is 5.75 Å². The van der Waals surface area contributed by atoms with Crippen LogP contribution in [0.4, 0.5) is 0 Å². The molecule has 0 spiro atoms. The monoisotopic (exact) mass is 321 g/mol. The molecule has 0 radical (unpaired) electrons. The van der Waals surface area contributed by atoms with E-state index in [1.54, 1.807) is 6.07 Å².